The van der Waals surface area contributed by atoms with E-state index in [4.69, 9.17) is 18.9 Å². The molecule has 0 N–H and O–H groups in total. The highest BCUT2D eigenvalue weighted by Crippen LogP contribution is 2.33. The number of hydrogen-bond acceptors (Lipinski definition) is 12. The van der Waals surface area contributed by atoms with E-state index in [0.29, 0.717) is 6.54 Å². The number of fused-ring (bicyclic) bond motifs is 1. The second-order valence-electron chi connectivity index (χ2n) is 6.84. The SMILES string of the molecule is CCCn1nnc2c(=O)n(C3OC(COC(C)=O)C(OC(C)=O)C3OC(C)=O)nnc21. The lowest BCUT2D eigenvalue weighted by Crippen LogP contribution is -2.42. The maximum absolute atomic E-state index is 13.0. The molecule has 0 spiro atoms. The summed E-state index contributed by atoms with van der Waals surface area (Å²) < 4.78 is 23.6. The molecule has 3 rings (SSSR count). The fraction of sp³-hybridized carbons (Fsp3) is 0.647. The molecule has 0 radical (unpaired) electrons. The number of carbonyl (C=O) groups excluding carboxylic acids is 3. The van der Waals surface area contributed by atoms with Crippen molar-refractivity contribution in [3.63, 3.8) is 0 Å². The number of nitrogens with zero attached hydrogens (tertiary/aromatic N) is 6. The first-order chi connectivity index (χ1) is 14.7. The van der Waals surface area contributed by atoms with Crippen LogP contribution in [-0.2, 0) is 39.9 Å². The molecule has 4 atom stereocenters. The van der Waals surface area contributed by atoms with Gasteiger partial charge >= 0.3 is 23.5 Å². The first-order valence-corrected chi connectivity index (χ1v) is 9.54. The van der Waals surface area contributed by atoms with Crippen LogP contribution in [0.5, 0.6) is 0 Å². The van der Waals surface area contributed by atoms with E-state index >= 15 is 0 Å². The zero-order valence-corrected chi connectivity index (χ0v) is 17.4. The van der Waals surface area contributed by atoms with E-state index in [2.05, 4.69) is 20.6 Å². The van der Waals surface area contributed by atoms with Gasteiger partial charge in [-0.1, -0.05) is 17.4 Å². The molecule has 2 aromatic heterocycles. The van der Waals surface area contributed by atoms with E-state index < -0.39 is 48.0 Å². The third-order valence-electron chi connectivity index (χ3n) is 4.37. The summed E-state index contributed by atoms with van der Waals surface area (Å²) in [5, 5.41) is 15.7. The fourth-order valence-electron chi connectivity index (χ4n) is 3.20. The van der Waals surface area contributed by atoms with Gasteiger partial charge in [0.05, 0.1) is 0 Å². The minimum absolute atomic E-state index is 0.0545. The lowest BCUT2D eigenvalue weighted by atomic mass is 10.1. The van der Waals surface area contributed by atoms with Crippen molar-refractivity contribution >= 4 is 29.1 Å². The standard InChI is InChI=1S/C17H22N6O8/c1-5-6-22-15-12(18-20-22)16(27)23(21-19-15)17-14(30-10(4)26)13(29-9(3)25)11(31-17)7-28-8(2)24/h11,13-14,17H,5-7H2,1-4H3. The molecule has 0 saturated carbocycles. The normalized spacial score (nSPS) is 23.0. The van der Waals surface area contributed by atoms with Crippen LogP contribution in [0.4, 0.5) is 0 Å². The Bertz CT molecular complexity index is 1050. The van der Waals surface area contributed by atoms with Crippen molar-refractivity contribution in [2.75, 3.05) is 6.61 Å². The molecule has 0 amide bonds. The van der Waals surface area contributed by atoms with Gasteiger partial charge in [-0.15, -0.1) is 10.2 Å². The molecule has 14 nitrogen and oxygen atoms in total. The van der Waals surface area contributed by atoms with Crippen molar-refractivity contribution < 1.29 is 33.3 Å². The molecular formula is C17H22N6O8. The molecule has 0 aliphatic carbocycles. The zero-order valence-electron chi connectivity index (χ0n) is 17.4. The summed E-state index contributed by atoms with van der Waals surface area (Å²) in [6.45, 7) is 5.61. The minimum atomic E-state index is -1.31. The Kier molecular flexibility index (Phi) is 6.58. The molecule has 3 heterocycles. The second-order valence-corrected chi connectivity index (χ2v) is 6.84. The summed E-state index contributed by atoms with van der Waals surface area (Å²) >= 11 is 0. The Balaban J connectivity index is 2.03. The highest BCUT2D eigenvalue weighted by molar-refractivity contribution is 5.68. The van der Waals surface area contributed by atoms with Gasteiger partial charge in [0.15, 0.2) is 18.4 Å². The predicted octanol–water partition coefficient (Wildman–Crippen LogP) is -0.883. The number of aromatic nitrogens is 6. The zero-order chi connectivity index (χ0) is 22.7. The van der Waals surface area contributed by atoms with Crippen molar-refractivity contribution in [1.82, 2.24) is 30.0 Å². The summed E-state index contributed by atoms with van der Waals surface area (Å²) in [5.41, 5.74) is -0.552. The highest BCUT2D eigenvalue weighted by Gasteiger charge is 2.51. The molecule has 0 aromatic carbocycles. The maximum atomic E-state index is 13.0. The average Bonchev–Trinajstić information content (AvgIpc) is 3.23. The lowest BCUT2D eigenvalue weighted by molar-refractivity contribution is -0.166. The first-order valence-electron chi connectivity index (χ1n) is 9.54. The van der Waals surface area contributed by atoms with Gasteiger partial charge in [0.1, 0.15) is 12.7 Å². The largest absolute Gasteiger partial charge is 0.463 e. The Morgan fingerprint density at radius 1 is 1.00 bits per heavy atom. The average molecular weight is 438 g/mol. The van der Waals surface area contributed by atoms with Crippen LogP contribution in [0.25, 0.3) is 11.2 Å². The number of esters is 3. The summed E-state index contributed by atoms with van der Waals surface area (Å²) in [4.78, 5) is 47.5. The van der Waals surface area contributed by atoms with Gasteiger partial charge in [0.2, 0.25) is 11.2 Å². The van der Waals surface area contributed by atoms with Gasteiger partial charge < -0.3 is 18.9 Å². The Labute approximate surface area is 175 Å². The van der Waals surface area contributed by atoms with Crippen LogP contribution in [0, 0.1) is 0 Å². The lowest BCUT2D eigenvalue weighted by Gasteiger charge is -2.23. The second kappa shape index (κ2) is 9.16. The molecule has 0 bridgehead atoms. The number of hydrogen-bond donors (Lipinski definition) is 0. The van der Waals surface area contributed by atoms with E-state index in [1.54, 1.807) is 0 Å². The van der Waals surface area contributed by atoms with Crippen molar-refractivity contribution in [1.29, 1.82) is 0 Å². The van der Waals surface area contributed by atoms with Crippen LogP contribution >= 0.6 is 0 Å². The van der Waals surface area contributed by atoms with Crippen LogP contribution in [0.3, 0.4) is 0 Å². The fourth-order valence-corrected chi connectivity index (χ4v) is 3.20. The Hall–Kier alpha value is -3.42. The Morgan fingerprint density at radius 2 is 1.68 bits per heavy atom. The molecule has 31 heavy (non-hydrogen) atoms. The molecule has 1 saturated heterocycles. The smallest absolute Gasteiger partial charge is 0.303 e. The van der Waals surface area contributed by atoms with Crippen LogP contribution in [0.1, 0.15) is 40.3 Å². The molecule has 4 unspecified atom stereocenters. The summed E-state index contributed by atoms with van der Waals surface area (Å²) in [5.74, 6) is -1.99. The van der Waals surface area contributed by atoms with Crippen LogP contribution in [0.2, 0.25) is 0 Å². The molecule has 14 heteroatoms. The van der Waals surface area contributed by atoms with Gasteiger partial charge in [0.25, 0.3) is 0 Å². The molecule has 2 aromatic rings. The molecule has 168 valence electrons. The maximum Gasteiger partial charge on any atom is 0.303 e. The third-order valence-corrected chi connectivity index (χ3v) is 4.37. The van der Waals surface area contributed by atoms with Crippen LogP contribution in [0.15, 0.2) is 4.79 Å². The van der Waals surface area contributed by atoms with Gasteiger partial charge in [-0.2, -0.15) is 4.68 Å². The van der Waals surface area contributed by atoms with Crippen LogP contribution in [-0.4, -0.2) is 72.8 Å². The van der Waals surface area contributed by atoms with Gasteiger partial charge in [0, 0.05) is 27.3 Å². The number of carbonyl (C=O) groups is 3. The molecular weight excluding hydrogens is 416 g/mol. The summed E-state index contributed by atoms with van der Waals surface area (Å²) in [7, 11) is 0. The van der Waals surface area contributed by atoms with Crippen LogP contribution < -0.4 is 5.56 Å². The van der Waals surface area contributed by atoms with E-state index in [1.165, 1.54) is 11.6 Å². The summed E-state index contributed by atoms with van der Waals surface area (Å²) in [6, 6.07) is 0. The van der Waals surface area contributed by atoms with E-state index in [1.807, 2.05) is 6.92 Å². The van der Waals surface area contributed by atoms with E-state index in [-0.39, 0.29) is 17.8 Å². The highest BCUT2D eigenvalue weighted by atomic mass is 16.7. The monoisotopic (exact) mass is 438 g/mol. The van der Waals surface area contributed by atoms with E-state index in [0.717, 1.165) is 25.0 Å². The van der Waals surface area contributed by atoms with Crippen molar-refractivity contribution in [2.45, 2.75) is 65.2 Å². The quantitative estimate of drug-likeness (QED) is 0.387. The molecule has 1 aliphatic heterocycles. The minimum Gasteiger partial charge on any atom is -0.463 e. The summed E-state index contributed by atoms with van der Waals surface area (Å²) in [6.07, 6.45) is -4.01. The topological polar surface area (TPSA) is 167 Å². The third kappa shape index (κ3) is 4.68. The van der Waals surface area contributed by atoms with Crippen molar-refractivity contribution in [3.05, 3.63) is 10.4 Å². The van der Waals surface area contributed by atoms with Gasteiger partial charge in [-0.05, 0) is 6.42 Å². The van der Waals surface area contributed by atoms with Crippen molar-refractivity contribution in [3.8, 4) is 0 Å². The first kappa shape index (κ1) is 22.3. The number of ether oxygens (including phenoxy) is 4. The van der Waals surface area contributed by atoms with Gasteiger partial charge in [-0.3, -0.25) is 19.2 Å². The van der Waals surface area contributed by atoms with E-state index in [9.17, 15) is 19.2 Å². The molecule has 1 fully saturated rings. The number of rotatable bonds is 7. The van der Waals surface area contributed by atoms with Gasteiger partial charge in [-0.25, -0.2) is 4.68 Å². The molecule has 1 aliphatic rings. The predicted molar refractivity (Wildman–Crippen MR) is 99.3 cm³/mol. The number of aryl methyl sites for hydroxylation is 1. The Morgan fingerprint density at radius 3 is 2.29 bits per heavy atom. The van der Waals surface area contributed by atoms with Crippen molar-refractivity contribution in [2.24, 2.45) is 0 Å².